The maximum absolute atomic E-state index is 10.7. The van der Waals surface area contributed by atoms with Gasteiger partial charge in [0.1, 0.15) is 6.61 Å². The number of aliphatic hydroxyl groups excluding tert-OH is 1. The molecule has 27 heavy (non-hydrogen) atoms. The molecule has 2 aliphatic rings. The highest BCUT2D eigenvalue weighted by molar-refractivity contribution is 5.53. The summed E-state index contributed by atoms with van der Waals surface area (Å²) in [7, 11) is 0. The summed E-state index contributed by atoms with van der Waals surface area (Å²) in [4.78, 5) is 4.75. The minimum Gasteiger partial charge on any atom is -0.485 e. The van der Waals surface area contributed by atoms with Gasteiger partial charge in [-0.2, -0.15) is 0 Å². The van der Waals surface area contributed by atoms with Crippen LogP contribution in [-0.2, 0) is 0 Å². The van der Waals surface area contributed by atoms with E-state index < -0.39 is 6.10 Å². The van der Waals surface area contributed by atoms with Gasteiger partial charge in [0, 0.05) is 38.4 Å². The molecule has 2 heterocycles. The number of β-amino-alcohol motifs (C(OH)–C–C–N with tert-alkyl or cyclic N) is 1. The molecule has 2 aromatic rings. The minimum absolute atomic E-state index is 0.480. The topological polar surface area (TPSA) is 45.2 Å². The van der Waals surface area contributed by atoms with Crippen molar-refractivity contribution in [3.05, 3.63) is 65.9 Å². The Morgan fingerprint density at radius 2 is 1.85 bits per heavy atom. The van der Waals surface area contributed by atoms with Crippen molar-refractivity contribution in [2.75, 3.05) is 44.2 Å². The standard InChI is InChI=1S/C22H26N2O3/c1-17-5-2-3-6-19(17)24-11-9-23(10-12-24)16-20(25)18-7-8-21-22(15-18)27-14-4-13-26-21/h2-8,13,15,20,25H,9-12,14,16H2,1H3. The van der Waals surface area contributed by atoms with Crippen molar-refractivity contribution in [2.45, 2.75) is 13.0 Å². The summed E-state index contributed by atoms with van der Waals surface area (Å²) in [5, 5.41) is 10.7. The number of para-hydroxylation sites is 1. The first-order valence-electron chi connectivity index (χ1n) is 9.50. The van der Waals surface area contributed by atoms with E-state index in [1.54, 1.807) is 6.26 Å². The summed E-state index contributed by atoms with van der Waals surface area (Å²) in [5.41, 5.74) is 3.49. The van der Waals surface area contributed by atoms with Crippen LogP contribution in [0.2, 0.25) is 0 Å². The second-order valence-electron chi connectivity index (χ2n) is 7.10. The summed E-state index contributed by atoms with van der Waals surface area (Å²) in [5.74, 6) is 1.37. The second kappa shape index (κ2) is 8.03. The highest BCUT2D eigenvalue weighted by Gasteiger charge is 2.21. The van der Waals surface area contributed by atoms with Crippen LogP contribution in [0.4, 0.5) is 5.69 Å². The third-order valence-corrected chi connectivity index (χ3v) is 5.24. The molecule has 0 aromatic heterocycles. The molecule has 0 aliphatic carbocycles. The summed E-state index contributed by atoms with van der Waals surface area (Å²) < 4.78 is 11.2. The van der Waals surface area contributed by atoms with Crippen LogP contribution >= 0.6 is 0 Å². The predicted molar refractivity (Wildman–Crippen MR) is 106 cm³/mol. The number of rotatable bonds is 4. The van der Waals surface area contributed by atoms with Gasteiger partial charge in [0.25, 0.3) is 0 Å². The van der Waals surface area contributed by atoms with Crippen LogP contribution < -0.4 is 14.4 Å². The molecule has 0 spiro atoms. The van der Waals surface area contributed by atoms with Gasteiger partial charge in [-0.1, -0.05) is 24.3 Å². The fraction of sp³-hybridized carbons (Fsp3) is 0.364. The van der Waals surface area contributed by atoms with Crippen LogP contribution in [0, 0.1) is 6.92 Å². The molecule has 5 heteroatoms. The van der Waals surface area contributed by atoms with Crippen molar-refractivity contribution in [3.63, 3.8) is 0 Å². The molecular weight excluding hydrogens is 340 g/mol. The molecule has 1 fully saturated rings. The summed E-state index contributed by atoms with van der Waals surface area (Å²) >= 11 is 0. The quantitative estimate of drug-likeness (QED) is 0.901. The Kier molecular flexibility index (Phi) is 5.32. The van der Waals surface area contributed by atoms with Crippen LogP contribution in [0.5, 0.6) is 11.5 Å². The Labute approximate surface area is 160 Å². The molecule has 142 valence electrons. The fourth-order valence-electron chi connectivity index (χ4n) is 3.68. The van der Waals surface area contributed by atoms with Crippen molar-refractivity contribution >= 4 is 5.69 Å². The second-order valence-corrected chi connectivity index (χ2v) is 7.10. The van der Waals surface area contributed by atoms with Gasteiger partial charge in [0.2, 0.25) is 0 Å². The molecular formula is C22H26N2O3. The van der Waals surface area contributed by atoms with E-state index in [0.29, 0.717) is 24.7 Å². The largest absolute Gasteiger partial charge is 0.485 e. The van der Waals surface area contributed by atoms with E-state index in [9.17, 15) is 5.11 Å². The lowest BCUT2D eigenvalue weighted by molar-refractivity contribution is 0.109. The predicted octanol–water partition coefficient (Wildman–Crippen LogP) is 3.14. The Balaban J connectivity index is 1.35. The van der Waals surface area contributed by atoms with Gasteiger partial charge in [0.05, 0.1) is 12.4 Å². The normalized spacial score (nSPS) is 18.2. The van der Waals surface area contributed by atoms with Gasteiger partial charge in [0.15, 0.2) is 11.5 Å². The molecule has 2 aromatic carbocycles. The fourth-order valence-corrected chi connectivity index (χ4v) is 3.68. The Morgan fingerprint density at radius 1 is 1.04 bits per heavy atom. The first-order valence-corrected chi connectivity index (χ1v) is 9.50. The Morgan fingerprint density at radius 3 is 2.67 bits per heavy atom. The van der Waals surface area contributed by atoms with Crippen molar-refractivity contribution in [3.8, 4) is 11.5 Å². The lowest BCUT2D eigenvalue weighted by atomic mass is 10.1. The molecule has 4 rings (SSSR count). The molecule has 1 N–H and O–H groups in total. The number of ether oxygens (including phenoxy) is 2. The number of aryl methyl sites for hydroxylation is 1. The van der Waals surface area contributed by atoms with E-state index in [4.69, 9.17) is 9.47 Å². The average Bonchev–Trinajstić information content (AvgIpc) is 2.94. The molecule has 5 nitrogen and oxygen atoms in total. The van der Waals surface area contributed by atoms with Crippen LogP contribution in [-0.4, -0.2) is 49.3 Å². The molecule has 0 bridgehead atoms. The third-order valence-electron chi connectivity index (χ3n) is 5.24. The first-order chi connectivity index (χ1) is 13.2. The Bertz CT molecular complexity index is 813. The van der Waals surface area contributed by atoms with Crippen molar-refractivity contribution in [2.24, 2.45) is 0 Å². The Hall–Kier alpha value is -2.50. The van der Waals surface area contributed by atoms with Gasteiger partial charge in [-0.05, 0) is 42.3 Å². The summed E-state index contributed by atoms with van der Waals surface area (Å²) in [6, 6.07) is 14.2. The molecule has 0 saturated carbocycles. The highest BCUT2D eigenvalue weighted by atomic mass is 16.5. The van der Waals surface area contributed by atoms with Crippen molar-refractivity contribution in [1.82, 2.24) is 4.90 Å². The van der Waals surface area contributed by atoms with Gasteiger partial charge in [-0.15, -0.1) is 0 Å². The summed E-state index contributed by atoms with van der Waals surface area (Å²) in [6.07, 6.45) is 2.92. The SMILES string of the molecule is Cc1ccccc1N1CCN(CC(O)c2ccc3c(c2)OCC=CO3)CC1. The number of piperazine rings is 1. The molecule has 1 saturated heterocycles. The van der Waals surface area contributed by atoms with Gasteiger partial charge < -0.3 is 19.5 Å². The molecule has 1 unspecified atom stereocenters. The van der Waals surface area contributed by atoms with Crippen LogP contribution in [0.1, 0.15) is 17.2 Å². The lowest BCUT2D eigenvalue weighted by Crippen LogP contribution is -2.47. The number of nitrogens with zero attached hydrogens (tertiary/aromatic N) is 2. The van der Waals surface area contributed by atoms with E-state index >= 15 is 0 Å². The third kappa shape index (κ3) is 4.10. The van der Waals surface area contributed by atoms with Crippen molar-refractivity contribution < 1.29 is 14.6 Å². The zero-order valence-corrected chi connectivity index (χ0v) is 15.7. The molecule has 1 atom stereocenters. The van der Waals surface area contributed by atoms with E-state index in [-0.39, 0.29) is 0 Å². The van der Waals surface area contributed by atoms with E-state index in [1.165, 1.54) is 11.3 Å². The number of anilines is 1. The molecule has 0 radical (unpaired) electrons. The monoisotopic (exact) mass is 366 g/mol. The lowest BCUT2D eigenvalue weighted by Gasteiger charge is -2.37. The van der Waals surface area contributed by atoms with Gasteiger partial charge in [-0.25, -0.2) is 0 Å². The zero-order chi connectivity index (χ0) is 18.6. The maximum Gasteiger partial charge on any atom is 0.168 e. The number of aliphatic hydroxyl groups is 1. The van der Waals surface area contributed by atoms with Crippen molar-refractivity contribution in [1.29, 1.82) is 0 Å². The molecule has 0 amide bonds. The number of hydrogen-bond donors (Lipinski definition) is 1. The first kappa shape index (κ1) is 17.9. The minimum atomic E-state index is -0.542. The number of fused-ring (bicyclic) bond motifs is 1. The highest BCUT2D eigenvalue weighted by Crippen LogP contribution is 2.32. The van der Waals surface area contributed by atoms with E-state index in [0.717, 1.165) is 31.7 Å². The smallest absolute Gasteiger partial charge is 0.168 e. The average molecular weight is 366 g/mol. The summed E-state index contributed by atoms with van der Waals surface area (Å²) in [6.45, 7) is 7.10. The number of benzene rings is 2. The maximum atomic E-state index is 10.7. The zero-order valence-electron chi connectivity index (χ0n) is 15.7. The number of hydrogen-bond acceptors (Lipinski definition) is 5. The molecule has 2 aliphatic heterocycles. The van der Waals surface area contributed by atoms with Crippen LogP contribution in [0.3, 0.4) is 0 Å². The van der Waals surface area contributed by atoms with Gasteiger partial charge >= 0.3 is 0 Å². The van der Waals surface area contributed by atoms with Gasteiger partial charge in [-0.3, -0.25) is 4.90 Å². The van der Waals surface area contributed by atoms with Crippen LogP contribution in [0.25, 0.3) is 0 Å². The van der Waals surface area contributed by atoms with Crippen LogP contribution in [0.15, 0.2) is 54.8 Å². The van der Waals surface area contributed by atoms with E-state index in [1.807, 2.05) is 24.3 Å². The van der Waals surface area contributed by atoms with E-state index in [2.05, 4.69) is 41.0 Å².